The van der Waals surface area contributed by atoms with Gasteiger partial charge in [0.2, 0.25) is 5.88 Å². The molecule has 2 aromatic rings. The van der Waals surface area contributed by atoms with Crippen molar-refractivity contribution in [3.63, 3.8) is 0 Å². The Morgan fingerprint density at radius 1 is 1.27 bits per heavy atom. The van der Waals surface area contributed by atoms with E-state index in [0.717, 1.165) is 0 Å². The molecular formula is C21H17N3O6. The van der Waals surface area contributed by atoms with Crippen LogP contribution in [0.15, 0.2) is 63.6 Å². The first kappa shape index (κ1) is 19.3. The van der Waals surface area contributed by atoms with Crippen molar-refractivity contribution < 1.29 is 23.6 Å². The third-order valence-electron chi connectivity index (χ3n) is 5.00. The summed E-state index contributed by atoms with van der Waals surface area (Å²) >= 11 is 0. The van der Waals surface area contributed by atoms with Crippen LogP contribution in [0.4, 0.5) is 5.69 Å². The Morgan fingerprint density at radius 3 is 2.83 bits per heavy atom. The number of allylic oxidation sites excluding steroid dienone is 3. The Labute approximate surface area is 171 Å². The van der Waals surface area contributed by atoms with Crippen molar-refractivity contribution in [1.82, 2.24) is 0 Å². The SMILES string of the molecule is N#CC1=C(N)OC2=C(C(=O)CCC2)C1c1ccc(COc2ccccc2[N+](=O)[O-])o1. The molecule has 1 atom stereocenters. The molecule has 1 unspecified atom stereocenters. The molecule has 1 aromatic carbocycles. The molecule has 9 nitrogen and oxygen atoms in total. The van der Waals surface area contributed by atoms with Crippen LogP contribution in [0.1, 0.15) is 36.7 Å². The molecule has 0 saturated heterocycles. The number of para-hydroxylation sites is 2. The van der Waals surface area contributed by atoms with Crippen molar-refractivity contribution in [2.45, 2.75) is 31.8 Å². The molecule has 1 aliphatic carbocycles. The average Bonchev–Trinajstić information content (AvgIpc) is 3.20. The maximum Gasteiger partial charge on any atom is 0.310 e. The van der Waals surface area contributed by atoms with Gasteiger partial charge in [-0.25, -0.2) is 0 Å². The summed E-state index contributed by atoms with van der Waals surface area (Å²) in [5.74, 6) is 0.451. The van der Waals surface area contributed by atoms with E-state index in [4.69, 9.17) is 19.6 Å². The second kappa shape index (κ2) is 7.75. The van der Waals surface area contributed by atoms with Crippen molar-refractivity contribution in [3.05, 3.63) is 80.8 Å². The van der Waals surface area contributed by atoms with Crippen LogP contribution in [0.3, 0.4) is 0 Å². The summed E-state index contributed by atoms with van der Waals surface area (Å²) in [4.78, 5) is 23.1. The van der Waals surface area contributed by atoms with E-state index in [0.29, 0.717) is 42.1 Å². The number of furan rings is 1. The van der Waals surface area contributed by atoms with E-state index < -0.39 is 10.8 Å². The van der Waals surface area contributed by atoms with Gasteiger partial charge in [-0.3, -0.25) is 14.9 Å². The Bertz CT molecular complexity index is 1140. The first-order chi connectivity index (χ1) is 14.5. The van der Waals surface area contributed by atoms with Crippen LogP contribution < -0.4 is 10.5 Å². The first-order valence-electron chi connectivity index (χ1n) is 9.28. The van der Waals surface area contributed by atoms with Crippen LogP contribution in [-0.4, -0.2) is 10.7 Å². The van der Waals surface area contributed by atoms with Crippen molar-refractivity contribution in [2.24, 2.45) is 5.73 Å². The van der Waals surface area contributed by atoms with Gasteiger partial charge in [-0.2, -0.15) is 5.26 Å². The summed E-state index contributed by atoms with van der Waals surface area (Å²) in [7, 11) is 0. The lowest BCUT2D eigenvalue weighted by Gasteiger charge is -2.29. The molecule has 0 spiro atoms. The summed E-state index contributed by atoms with van der Waals surface area (Å²) in [6.07, 6.45) is 1.59. The summed E-state index contributed by atoms with van der Waals surface area (Å²) in [5, 5.41) is 20.7. The third-order valence-corrected chi connectivity index (χ3v) is 5.00. The van der Waals surface area contributed by atoms with Crippen LogP contribution in [0, 0.1) is 21.4 Å². The molecule has 152 valence electrons. The summed E-state index contributed by atoms with van der Waals surface area (Å²) in [6.45, 7) is -0.0605. The standard InChI is InChI=1S/C21H17N3O6/c22-10-13-19(20-15(25)5-3-7-17(20)30-21(13)23)18-9-8-12(29-18)11-28-16-6-2-1-4-14(16)24(26)27/h1-2,4,6,8-9,19H,3,5,7,11,23H2. The molecule has 9 heteroatoms. The molecule has 0 saturated carbocycles. The van der Waals surface area contributed by atoms with Gasteiger partial charge in [-0.15, -0.1) is 0 Å². The molecule has 1 aromatic heterocycles. The highest BCUT2D eigenvalue weighted by Crippen LogP contribution is 2.43. The van der Waals surface area contributed by atoms with Crippen molar-refractivity contribution in [2.75, 3.05) is 0 Å². The minimum Gasteiger partial charge on any atom is -0.479 e. The largest absolute Gasteiger partial charge is 0.479 e. The van der Waals surface area contributed by atoms with Crippen LogP contribution in [0.5, 0.6) is 5.75 Å². The lowest BCUT2D eigenvalue weighted by atomic mass is 9.80. The van der Waals surface area contributed by atoms with Crippen LogP contribution in [0.25, 0.3) is 0 Å². The van der Waals surface area contributed by atoms with Gasteiger partial charge in [-0.1, -0.05) is 12.1 Å². The molecule has 0 radical (unpaired) electrons. The molecule has 4 rings (SSSR count). The number of ether oxygens (including phenoxy) is 2. The van der Waals surface area contributed by atoms with E-state index in [1.165, 1.54) is 12.1 Å². The lowest BCUT2D eigenvalue weighted by molar-refractivity contribution is -0.386. The van der Waals surface area contributed by atoms with Crippen molar-refractivity contribution in [3.8, 4) is 11.8 Å². The van der Waals surface area contributed by atoms with Gasteiger partial charge in [0.15, 0.2) is 11.5 Å². The second-order valence-electron chi connectivity index (χ2n) is 6.86. The minimum atomic E-state index is -0.744. The van der Waals surface area contributed by atoms with Crippen LogP contribution in [-0.2, 0) is 16.1 Å². The number of nitriles is 1. The predicted molar refractivity (Wildman–Crippen MR) is 103 cm³/mol. The number of ketones is 1. The maximum absolute atomic E-state index is 12.6. The summed E-state index contributed by atoms with van der Waals surface area (Å²) < 4.78 is 16.9. The molecule has 1 aliphatic heterocycles. The number of carbonyl (C=O) groups is 1. The molecule has 0 bridgehead atoms. The molecule has 30 heavy (non-hydrogen) atoms. The van der Waals surface area contributed by atoms with Gasteiger partial charge in [0, 0.05) is 24.5 Å². The lowest BCUT2D eigenvalue weighted by Crippen LogP contribution is -2.27. The Hall–Kier alpha value is -4.06. The van der Waals surface area contributed by atoms with Gasteiger partial charge < -0.3 is 19.6 Å². The van der Waals surface area contributed by atoms with Crippen molar-refractivity contribution in [1.29, 1.82) is 5.26 Å². The van der Waals surface area contributed by atoms with Gasteiger partial charge >= 0.3 is 5.69 Å². The number of Topliss-reactive ketones (excluding diaryl/α,β-unsaturated/α-hetero) is 1. The number of nitrogens with two attached hydrogens (primary N) is 1. The topological polar surface area (TPSA) is 142 Å². The third kappa shape index (κ3) is 3.39. The van der Waals surface area contributed by atoms with E-state index in [1.807, 2.05) is 6.07 Å². The van der Waals surface area contributed by atoms with E-state index in [2.05, 4.69) is 0 Å². The predicted octanol–water partition coefficient (Wildman–Crippen LogP) is 3.58. The zero-order valence-corrected chi connectivity index (χ0v) is 15.8. The number of hydrogen-bond acceptors (Lipinski definition) is 8. The van der Waals surface area contributed by atoms with E-state index in [1.54, 1.807) is 24.3 Å². The fourth-order valence-electron chi connectivity index (χ4n) is 3.65. The van der Waals surface area contributed by atoms with Gasteiger partial charge in [0.25, 0.3) is 0 Å². The number of nitro groups is 1. The number of hydrogen-bond donors (Lipinski definition) is 1. The first-order valence-corrected chi connectivity index (χ1v) is 9.28. The molecular weight excluding hydrogens is 390 g/mol. The molecule has 2 heterocycles. The highest BCUT2D eigenvalue weighted by Gasteiger charge is 2.39. The quantitative estimate of drug-likeness (QED) is 0.585. The number of nitro benzene ring substituents is 1. The van der Waals surface area contributed by atoms with Gasteiger partial charge in [0.1, 0.15) is 35.5 Å². The maximum atomic E-state index is 12.6. The molecule has 0 amide bonds. The monoisotopic (exact) mass is 407 g/mol. The number of benzene rings is 1. The van der Waals surface area contributed by atoms with Gasteiger partial charge in [-0.05, 0) is 24.6 Å². The number of carbonyl (C=O) groups excluding carboxylic acids is 1. The fourth-order valence-corrected chi connectivity index (χ4v) is 3.65. The van der Waals surface area contributed by atoms with Crippen molar-refractivity contribution >= 4 is 11.5 Å². The smallest absolute Gasteiger partial charge is 0.310 e. The Kier molecular flexibility index (Phi) is 4.98. The molecule has 2 aliphatic rings. The molecule has 0 fully saturated rings. The van der Waals surface area contributed by atoms with Crippen LogP contribution in [0.2, 0.25) is 0 Å². The summed E-state index contributed by atoms with van der Waals surface area (Å²) in [5.41, 5.74) is 6.27. The van der Waals surface area contributed by atoms with E-state index in [-0.39, 0.29) is 35.3 Å². The normalized spacial score (nSPS) is 18.5. The molecule has 2 N–H and O–H groups in total. The minimum absolute atomic E-state index is 0.0370. The summed E-state index contributed by atoms with van der Waals surface area (Å²) in [6, 6.07) is 11.3. The second-order valence-corrected chi connectivity index (χ2v) is 6.86. The fraction of sp³-hybridized carbons (Fsp3) is 0.238. The van der Waals surface area contributed by atoms with E-state index >= 15 is 0 Å². The highest BCUT2D eigenvalue weighted by atomic mass is 16.6. The Morgan fingerprint density at radius 2 is 2.07 bits per heavy atom. The number of rotatable bonds is 5. The van der Waals surface area contributed by atoms with E-state index in [9.17, 15) is 20.2 Å². The average molecular weight is 407 g/mol. The zero-order chi connectivity index (χ0) is 21.3. The van der Waals surface area contributed by atoms with Gasteiger partial charge in [0.05, 0.1) is 10.8 Å². The number of nitrogens with zero attached hydrogens (tertiary/aromatic N) is 2. The van der Waals surface area contributed by atoms with Crippen LogP contribution >= 0.6 is 0 Å². The zero-order valence-electron chi connectivity index (χ0n) is 15.8. The Balaban J connectivity index is 1.62. The highest BCUT2D eigenvalue weighted by molar-refractivity contribution is 5.99.